The first-order chi connectivity index (χ1) is 12.0. The quantitative estimate of drug-likeness (QED) is 0.762. The second-order valence-electron chi connectivity index (χ2n) is 5.78. The average Bonchev–Trinajstić information content (AvgIpc) is 3.05. The molecule has 0 aromatic carbocycles. The lowest BCUT2D eigenvalue weighted by Gasteiger charge is -2.26. The molecule has 0 saturated carbocycles. The van der Waals surface area contributed by atoms with Crippen LogP contribution in [-0.2, 0) is 14.8 Å². The molecule has 0 spiro atoms. The molecule has 0 radical (unpaired) electrons. The molecular formula is C16H22N4O3S2. The second kappa shape index (κ2) is 8.13. The first-order valence-corrected chi connectivity index (χ1v) is 10.4. The minimum Gasteiger partial charge on any atom is -0.379 e. The van der Waals surface area contributed by atoms with Crippen LogP contribution in [0.1, 0.15) is 4.88 Å². The highest BCUT2D eigenvalue weighted by Gasteiger charge is 2.16. The molecule has 1 aliphatic rings. The molecular weight excluding hydrogens is 360 g/mol. The zero-order chi connectivity index (χ0) is 17.7. The molecule has 3 heterocycles. The van der Waals surface area contributed by atoms with Gasteiger partial charge in [0.1, 0.15) is 10.0 Å². The lowest BCUT2D eigenvalue weighted by atomic mass is 10.4. The summed E-state index contributed by atoms with van der Waals surface area (Å²) in [7, 11) is -3.55. The molecule has 136 valence electrons. The largest absolute Gasteiger partial charge is 0.379 e. The zero-order valence-electron chi connectivity index (χ0n) is 14.1. The summed E-state index contributed by atoms with van der Waals surface area (Å²) < 4.78 is 32.8. The Kier molecular flexibility index (Phi) is 5.89. The number of pyridine rings is 1. The summed E-state index contributed by atoms with van der Waals surface area (Å²) in [6.07, 6.45) is 1.52. The fourth-order valence-corrected chi connectivity index (χ4v) is 4.81. The number of anilines is 2. The van der Waals surface area contributed by atoms with Gasteiger partial charge in [0.05, 0.1) is 25.1 Å². The van der Waals surface area contributed by atoms with E-state index in [1.807, 2.05) is 6.92 Å². The van der Waals surface area contributed by atoms with Crippen molar-refractivity contribution in [2.24, 2.45) is 0 Å². The highest BCUT2D eigenvalue weighted by atomic mass is 32.2. The average molecular weight is 383 g/mol. The second-order valence-corrected chi connectivity index (χ2v) is 8.98. The van der Waals surface area contributed by atoms with Gasteiger partial charge in [-0.05, 0) is 31.2 Å². The number of rotatable bonds is 7. The minimum atomic E-state index is -3.55. The number of nitrogens with zero attached hydrogens (tertiary/aromatic N) is 2. The molecule has 1 aliphatic heterocycles. The van der Waals surface area contributed by atoms with Gasteiger partial charge >= 0.3 is 0 Å². The summed E-state index contributed by atoms with van der Waals surface area (Å²) in [6, 6.07) is 6.88. The molecule has 0 bridgehead atoms. The van der Waals surface area contributed by atoms with Crippen molar-refractivity contribution < 1.29 is 13.2 Å². The van der Waals surface area contributed by atoms with Crippen LogP contribution in [0.15, 0.2) is 34.7 Å². The van der Waals surface area contributed by atoms with Crippen LogP contribution < -0.4 is 10.0 Å². The summed E-state index contributed by atoms with van der Waals surface area (Å²) in [6.45, 7) is 7.08. The molecule has 0 amide bonds. The van der Waals surface area contributed by atoms with Gasteiger partial charge < -0.3 is 10.1 Å². The number of hydrogen-bond donors (Lipinski definition) is 2. The fourth-order valence-electron chi connectivity index (χ4n) is 2.49. The number of hydrogen-bond acceptors (Lipinski definition) is 7. The van der Waals surface area contributed by atoms with Crippen LogP contribution in [-0.4, -0.2) is 57.7 Å². The fraction of sp³-hybridized carbons (Fsp3) is 0.438. The molecule has 1 saturated heterocycles. The van der Waals surface area contributed by atoms with Crippen LogP contribution in [0.4, 0.5) is 11.5 Å². The normalized spacial score (nSPS) is 15.9. The maximum atomic E-state index is 12.3. The Bertz CT molecular complexity index is 784. The van der Waals surface area contributed by atoms with Crippen molar-refractivity contribution in [1.82, 2.24) is 9.88 Å². The molecule has 0 aliphatic carbocycles. The standard InChI is InChI=1S/C16H22N4O3S2/c1-13-2-5-16(24-13)25(21,22)19-14-3-4-15(18-12-14)17-6-7-20-8-10-23-11-9-20/h2-5,12,19H,6-11H2,1H3,(H,17,18). The molecule has 2 aromatic heterocycles. The first-order valence-electron chi connectivity index (χ1n) is 8.12. The van der Waals surface area contributed by atoms with Crippen LogP contribution >= 0.6 is 11.3 Å². The van der Waals surface area contributed by atoms with Gasteiger partial charge in [0.25, 0.3) is 10.0 Å². The van der Waals surface area contributed by atoms with E-state index in [9.17, 15) is 8.42 Å². The predicted octanol–water partition coefficient (Wildman–Crippen LogP) is 2.00. The van der Waals surface area contributed by atoms with E-state index in [1.165, 1.54) is 17.5 Å². The van der Waals surface area contributed by atoms with E-state index < -0.39 is 10.0 Å². The number of nitrogens with one attached hydrogen (secondary N) is 2. The van der Waals surface area contributed by atoms with Gasteiger partial charge in [-0.3, -0.25) is 9.62 Å². The third kappa shape index (κ3) is 5.15. The topological polar surface area (TPSA) is 83.6 Å². The Hall–Kier alpha value is -1.68. The Morgan fingerprint density at radius 3 is 2.68 bits per heavy atom. The predicted molar refractivity (Wildman–Crippen MR) is 99.9 cm³/mol. The summed E-state index contributed by atoms with van der Waals surface area (Å²) in [4.78, 5) is 7.56. The number of sulfonamides is 1. The van der Waals surface area contributed by atoms with Gasteiger partial charge in [-0.15, -0.1) is 11.3 Å². The zero-order valence-corrected chi connectivity index (χ0v) is 15.7. The Morgan fingerprint density at radius 2 is 2.04 bits per heavy atom. The summed E-state index contributed by atoms with van der Waals surface area (Å²) in [5, 5.41) is 3.25. The summed E-state index contributed by atoms with van der Waals surface area (Å²) in [5.74, 6) is 0.725. The molecule has 7 nitrogen and oxygen atoms in total. The first kappa shape index (κ1) is 18.1. The van der Waals surface area contributed by atoms with Gasteiger partial charge in [0.15, 0.2) is 0 Å². The van der Waals surface area contributed by atoms with E-state index in [-0.39, 0.29) is 0 Å². The van der Waals surface area contributed by atoms with Crippen LogP contribution in [0.2, 0.25) is 0 Å². The van der Waals surface area contributed by atoms with Crippen molar-refractivity contribution in [3.63, 3.8) is 0 Å². The molecule has 2 N–H and O–H groups in total. The molecule has 0 atom stereocenters. The highest BCUT2D eigenvalue weighted by Crippen LogP contribution is 2.23. The van der Waals surface area contributed by atoms with Crippen LogP contribution in [0.5, 0.6) is 0 Å². The van der Waals surface area contributed by atoms with E-state index in [1.54, 1.807) is 24.3 Å². The van der Waals surface area contributed by atoms with Crippen molar-refractivity contribution in [1.29, 1.82) is 0 Å². The molecule has 9 heteroatoms. The molecule has 2 aromatic rings. The van der Waals surface area contributed by atoms with Crippen molar-refractivity contribution >= 4 is 32.9 Å². The summed E-state index contributed by atoms with van der Waals surface area (Å²) in [5.41, 5.74) is 0.449. The van der Waals surface area contributed by atoms with Crippen molar-refractivity contribution in [3.05, 3.63) is 35.3 Å². The van der Waals surface area contributed by atoms with Gasteiger partial charge in [-0.25, -0.2) is 13.4 Å². The summed E-state index contributed by atoms with van der Waals surface area (Å²) >= 11 is 1.24. The minimum absolute atomic E-state index is 0.303. The van der Waals surface area contributed by atoms with Crippen molar-refractivity contribution in [2.45, 2.75) is 11.1 Å². The Labute approximate surface area is 152 Å². The Morgan fingerprint density at radius 1 is 1.24 bits per heavy atom. The monoisotopic (exact) mass is 382 g/mol. The van der Waals surface area contributed by atoms with Crippen LogP contribution in [0.3, 0.4) is 0 Å². The maximum absolute atomic E-state index is 12.3. The Balaban J connectivity index is 1.51. The van der Waals surface area contributed by atoms with E-state index in [0.717, 1.165) is 50.1 Å². The van der Waals surface area contributed by atoms with Crippen molar-refractivity contribution in [3.8, 4) is 0 Å². The molecule has 25 heavy (non-hydrogen) atoms. The van der Waals surface area contributed by atoms with Crippen molar-refractivity contribution in [2.75, 3.05) is 49.4 Å². The van der Waals surface area contributed by atoms with E-state index in [4.69, 9.17) is 4.74 Å². The molecule has 0 unspecified atom stereocenters. The van der Waals surface area contributed by atoms with Crippen LogP contribution in [0.25, 0.3) is 0 Å². The lowest BCUT2D eigenvalue weighted by molar-refractivity contribution is 0.0398. The SMILES string of the molecule is Cc1ccc(S(=O)(=O)Nc2ccc(NCCN3CCOCC3)nc2)s1. The number of ether oxygens (including phenoxy) is 1. The van der Waals surface area contributed by atoms with Gasteiger partial charge in [0.2, 0.25) is 0 Å². The maximum Gasteiger partial charge on any atom is 0.271 e. The van der Waals surface area contributed by atoms with E-state index in [2.05, 4.69) is 19.9 Å². The van der Waals surface area contributed by atoms with Gasteiger partial charge in [-0.2, -0.15) is 0 Å². The lowest BCUT2D eigenvalue weighted by Crippen LogP contribution is -2.39. The third-order valence-corrected chi connectivity index (χ3v) is 6.71. The highest BCUT2D eigenvalue weighted by molar-refractivity contribution is 7.94. The smallest absolute Gasteiger partial charge is 0.271 e. The number of thiophene rings is 1. The molecule has 3 rings (SSSR count). The molecule has 1 fully saturated rings. The van der Waals surface area contributed by atoms with Crippen LogP contribution in [0, 0.1) is 6.92 Å². The van der Waals surface area contributed by atoms with Gasteiger partial charge in [-0.1, -0.05) is 0 Å². The number of morpholine rings is 1. The van der Waals surface area contributed by atoms with E-state index >= 15 is 0 Å². The third-order valence-electron chi connectivity index (χ3n) is 3.83. The van der Waals surface area contributed by atoms with E-state index in [0.29, 0.717) is 9.90 Å². The number of aryl methyl sites for hydroxylation is 1. The van der Waals surface area contributed by atoms with Gasteiger partial charge in [0, 0.05) is 31.1 Å². The number of aromatic nitrogens is 1.